The van der Waals surface area contributed by atoms with Gasteiger partial charge in [-0.1, -0.05) is 25.3 Å². The van der Waals surface area contributed by atoms with Gasteiger partial charge in [0.2, 0.25) is 0 Å². The van der Waals surface area contributed by atoms with Crippen molar-refractivity contribution in [1.82, 2.24) is 25.1 Å². The standard InChI is InChI=1S/C19H27N5O/c25-19(20-12-15-13-22-24-10-5-4-8-18(15)24)21-14-17-9-11-23(17)16-6-2-1-3-7-16/h4-5,8,10,13,16-17H,1-3,6-7,9,11-12,14H2,(H2,20,21,25). The average Bonchev–Trinajstić information content (AvgIpc) is 3.03. The molecule has 0 spiro atoms. The van der Waals surface area contributed by atoms with Crippen molar-refractivity contribution in [1.29, 1.82) is 0 Å². The topological polar surface area (TPSA) is 61.7 Å². The quantitative estimate of drug-likeness (QED) is 0.878. The SMILES string of the molecule is O=C(NCc1cnn2ccccc12)NCC1CCN1C1CCCCC1. The van der Waals surface area contributed by atoms with Gasteiger partial charge in [0.15, 0.2) is 0 Å². The fraction of sp³-hybridized carbons (Fsp3) is 0.579. The highest BCUT2D eigenvalue weighted by Crippen LogP contribution is 2.29. The Balaban J connectivity index is 1.23. The van der Waals surface area contributed by atoms with Crippen molar-refractivity contribution in [3.05, 3.63) is 36.2 Å². The van der Waals surface area contributed by atoms with Crippen molar-refractivity contribution in [3.63, 3.8) is 0 Å². The predicted octanol–water partition coefficient (Wildman–Crippen LogP) is 2.54. The van der Waals surface area contributed by atoms with Crippen molar-refractivity contribution < 1.29 is 4.79 Å². The van der Waals surface area contributed by atoms with Gasteiger partial charge in [-0.15, -0.1) is 0 Å². The smallest absolute Gasteiger partial charge is 0.315 e. The fourth-order valence-electron chi connectivity index (χ4n) is 4.15. The summed E-state index contributed by atoms with van der Waals surface area (Å²) in [5.74, 6) is 0. The number of aromatic nitrogens is 2. The van der Waals surface area contributed by atoms with Gasteiger partial charge in [0, 0.05) is 43.5 Å². The Morgan fingerprint density at radius 1 is 1.16 bits per heavy atom. The summed E-state index contributed by atoms with van der Waals surface area (Å²) >= 11 is 0. The summed E-state index contributed by atoms with van der Waals surface area (Å²) in [7, 11) is 0. The van der Waals surface area contributed by atoms with Crippen LogP contribution in [0, 0.1) is 0 Å². The number of amides is 2. The zero-order chi connectivity index (χ0) is 17.1. The van der Waals surface area contributed by atoms with Crippen molar-refractivity contribution >= 4 is 11.5 Å². The normalized spacial score (nSPS) is 21.8. The van der Waals surface area contributed by atoms with Crippen LogP contribution in [0.1, 0.15) is 44.1 Å². The van der Waals surface area contributed by atoms with Crippen LogP contribution in [0.25, 0.3) is 5.52 Å². The number of hydrogen-bond acceptors (Lipinski definition) is 3. The van der Waals surface area contributed by atoms with Crippen LogP contribution >= 0.6 is 0 Å². The van der Waals surface area contributed by atoms with Crippen LogP contribution in [0.5, 0.6) is 0 Å². The average molecular weight is 341 g/mol. The molecular formula is C19H27N5O. The Labute approximate surface area is 148 Å². The third kappa shape index (κ3) is 3.63. The molecule has 3 heterocycles. The van der Waals surface area contributed by atoms with Crippen LogP contribution in [0.15, 0.2) is 30.6 Å². The lowest BCUT2D eigenvalue weighted by Gasteiger charge is -2.47. The highest BCUT2D eigenvalue weighted by atomic mass is 16.2. The number of fused-ring (bicyclic) bond motifs is 1. The molecule has 6 heteroatoms. The van der Waals surface area contributed by atoms with E-state index >= 15 is 0 Å². The second-order valence-electron chi connectivity index (χ2n) is 7.24. The molecular weight excluding hydrogens is 314 g/mol. The molecule has 4 rings (SSSR count). The molecule has 2 aromatic heterocycles. The second kappa shape index (κ2) is 7.44. The number of hydrogen-bond donors (Lipinski definition) is 2. The molecule has 2 fully saturated rings. The minimum atomic E-state index is -0.0919. The number of nitrogens with one attached hydrogen (secondary N) is 2. The minimum absolute atomic E-state index is 0.0919. The molecule has 1 unspecified atom stereocenters. The maximum atomic E-state index is 12.1. The molecule has 0 radical (unpaired) electrons. The van der Waals surface area contributed by atoms with Crippen LogP contribution < -0.4 is 10.6 Å². The van der Waals surface area contributed by atoms with Gasteiger partial charge >= 0.3 is 6.03 Å². The van der Waals surface area contributed by atoms with Crippen molar-refractivity contribution in [2.24, 2.45) is 0 Å². The van der Waals surface area contributed by atoms with Crippen molar-refractivity contribution in [3.8, 4) is 0 Å². The monoisotopic (exact) mass is 341 g/mol. The number of urea groups is 1. The van der Waals surface area contributed by atoms with Gasteiger partial charge in [0.1, 0.15) is 0 Å². The number of likely N-dealkylation sites (tertiary alicyclic amines) is 1. The summed E-state index contributed by atoms with van der Waals surface area (Å²) in [4.78, 5) is 14.7. The van der Waals surface area contributed by atoms with Gasteiger partial charge in [-0.25, -0.2) is 9.31 Å². The second-order valence-corrected chi connectivity index (χ2v) is 7.24. The van der Waals surface area contributed by atoms with E-state index in [9.17, 15) is 4.79 Å². The van der Waals surface area contributed by atoms with E-state index in [2.05, 4.69) is 20.6 Å². The van der Waals surface area contributed by atoms with Crippen molar-refractivity contribution in [2.45, 2.75) is 57.2 Å². The third-order valence-electron chi connectivity index (χ3n) is 5.68. The first-order valence-electron chi connectivity index (χ1n) is 9.50. The maximum absolute atomic E-state index is 12.1. The van der Waals surface area contributed by atoms with Crippen molar-refractivity contribution in [2.75, 3.05) is 13.1 Å². The number of carbonyl (C=O) groups is 1. The lowest BCUT2D eigenvalue weighted by Crippen LogP contribution is -2.58. The summed E-state index contributed by atoms with van der Waals surface area (Å²) in [6, 6.07) is 7.11. The Bertz CT molecular complexity index is 721. The van der Waals surface area contributed by atoms with E-state index in [1.807, 2.05) is 35.1 Å². The van der Waals surface area contributed by atoms with E-state index in [1.165, 1.54) is 45.1 Å². The van der Waals surface area contributed by atoms with Gasteiger partial charge in [-0.2, -0.15) is 5.10 Å². The zero-order valence-corrected chi connectivity index (χ0v) is 14.7. The van der Waals surface area contributed by atoms with Crippen LogP contribution in [0.3, 0.4) is 0 Å². The molecule has 1 aliphatic heterocycles. The molecule has 134 valence electrons. The molecule has 1 atom stereocenters. The molecule has 1 saturated carbocycles. The van der Waals surface area contributed by atoms with E-state index in [1.54, 1.807) is 0 Å². The van der Waals surface area contributed by atoms with Gasteiger partial charge in [0.05, 0.1) is 11.7 Å². The summed E-state index contributed by atoms with van der Waals surface area (Å²) in [6.45, 7) is 2.44. The summed E-state index contributed by atoms with van der Waals surface area (Å²) in [5.41, 5.74) is 2.06. The first kappa shape index (κ1) is 16.4. The van der Waals surface area contributed by atoms with E-state index in [0.717, 1.165) is 23.7 Å². The third-order valence-corrected chi connectivity index (χ3v) is 5.68. The molecule has 1 aliphatic carbocycles. The number of nitrogens with zero attached hydrogens (tertiary/aromatic N) is 3. The highest BCUT2D eigenvalue weighted by Gasteiger charge is 2.34. The first-order valence-corrected chi connectivity index (χ1v) is 9.50. The number of pyridine rings is 1. The molecule has 25 heavy (non-hydrogen) atoms. The van der Waals surface area contributed by atoms with E-state index < -0.39 is 0 Å². The molecule has 6 nitrogen and oxygen atoms in total. The van der Waals surface area contributed by atoms with Gasteiger partial charge < -0.3 is 10.6 Å². The highest BCUT2D eigenvalue weighted by molar-refractivity contribution is 5.74. The summed E-state index contributed by atoms with van der Waals surface area (Å²) in [6.07, 6.45) is 11.7. The number of rotatable bonds is 5. The molecule has 2 amide bonds. The molecule has 0 aromatic carbocycles. The van der Waals surface area contributed by atoms with Crippen LogP contribution in [-0.2, 0) is 6.54 Å². The maximum Gasteiger partial charge on any atom is 0.315 e. The Morgan fingerprint density at radius 3 is 2.84 bits per heavy atom. The fourth-order valence-corrected chi connectivity index (χ4v) is 4.15. The molecule has 1 saturated heterocycles. The van der Waals surface area contributed by atoms with E-state index in [-0.39, 0.29) is 6.03 Å². The van der Waals surface area contributed by atoms with Gasteiger partial charge in [-0.05, 0) is 31.4 Å². The molecule has 2 aliphatic rings. The van der Waals surface area contributed by atoms with Gasteiger partial charge in [-0.3, -0.25) is 4.90 Å². The van der Waals surface area contributed by atoms with E-state index in [4.69, 9.17) is 0 Å². The largest absolute Gasteiger partial charge is 0.337 e. The lowest BCUT2D eigenvalue weighted by molar-refractivity contribution is 0.0256. The first-order chi connectivity index (χ1) is 12.3. The summed E-state index contributed by atoms with van der Waals surface area (Å²) in [5, 5.41) is 10.3. The van der Waals surface area contributed by atoms with E-state index in [0.29, 0.717) is 12.6 Å². The molecule has 2 N–H and O–H groups in total. The van der Waals surface area contributed by atoms with Gasteiger partial charge in [0.25, 0.3) is 0 Å². The molecule has 0 bridgehead atoms. The molecule has 2 aromatic rings. The Hall–Kier alpha value is -2.08. The zero-order valence-electron chi connectivity index (χ0n) is 14.7. The van der Waals surface area contributed by atoms with Crippen LogP contribution in [0.4, 0.5) is 4.79 Å². The number of carbonyl (C=O) groups excluding carboxylic acids is 1. The summed E-state index contributed by atoms with van der Waals surface area (Å²) < 4.78 is 1.82. The lowest BCUT2D eigenvalue weighted by atomic mass is 9.89. The Morgan fingerprint density at radius 2 is 2.04 bits per heavy atom. The van der Waals surface area contributed by atoms with Crippen LogP contribution in [0.2, 0.25) is 0 Å². The minimum Gasteiger partial charge on any atom is -0.337 e. The Kier molecular flexibility index (Phi) is 4.88. The van der Waals surface area contributed by atoms with Crippen LogP contribution in [-0.4, -0.2) is 45.7 Å². The predicted molar refractivity (Wildman–Crippen MR) is 97.4 cm³/mol.